The van der Waals surface area contributed by atoms with E-state index in [9.17, 15) is 14.7 Å². The van der Waals surface area contributed by atoms with Gasteiger partial charge >= 0.3 is 11.9 Å². The summed E-state index contributed by atoms with van der Waals surface area (Å²) >= 11 is 0. The van der Waals surface area contributed by atoms with E-state index in [1.165, 1.54) is 0 Å². The molecule has 0 unspecified atom stereocenters. The van der Waals surface area contributed by atoms with E-state index in [1.54, 1.807) is 0 Å². The lowest BCUT2D eigenvalue weighted by atomic mass is 9.78. The van der Waals surface area contributed by atoms with E-state index in [1.807, 2.05) is 60.7 Å². The Kier molecular flexibility index (Phi) is 7.20. The van der Waals surface area contributed by atoms with Crippen LogP contribution in [0, 0.1) is 11.8 Å². The van der Waals surface area contributed by atoms with Crippen molar-refractivity contribution in [2.24, 2.45) is 11.8 Å². The minimum Gasteiger partial charge on any atom is -0.460 e. The lowest BCUT2D eigenvalue weighted by Gasteiger charge is -2.30. The lowest BCUT2D eigenvalue weighted by molar-refractivity contribution is -0.167. The van der Waals surface area contributed by atoms with Crippen LogP contribution < -0.4 is 0 Å². The highest BCUT2D eigenvalue weighted by atomic mass is 16.6. The fourth-order valence-corrected chi connectivity index (χ4v) is 3.62. The number of ether oxygens (including phenoxy) is 2. The number of esters is 2. The maximum Gasteiger partial charge on any atom is 0.320 e. The number of aliphatic hydroxyl groups is 1. The van der Waals surface area contributed by atoms with Crippen molar-refractivity contribution in [1.29, 1.82) is 0 Å². The van der Waals surface area contributed by atoms with Gasteiger partial charge in [-0.25, -0.2) is 0 Å². The second kappa shape index (κ2) is 10.0. The standard InChI is InChI=1S/C23H26O5/c24-20-13-7-12-19(14-20)21(22(25)27-15-17-8-3-1-4-9-17)23(26)28-16-18-10-5-2-6-11-18/h1-6,8-11,19-21,24H,7,12-16H2/t19-,20-/m1/s1. The Morgan fingerprint density at radius 3 is 1.82 bits per heavy atom. The van der Waals surface area contributed by atoms with Crippen molar-refractivity contribution in [3.63, 3.8) is 0 Å². The van der Waals surface area contributed by atoms with Gasteiger partial charge < -0.3 is 14.6 Å². The monoisotopic (exact) mass is 382 g/mol. The van der Waals surface area contributed by atoms with E-state index >= 15 is 0 Å². The van der Waals surface area contributed by atoms with Crippen molar-refractivity contribution in [1.82, 2.24) is 0 Å². The molecule has 3 rings (SSSR count). The largest absolute Gasteiger partial charge is 0.460 e. The number of rotatable bonds is 7. The van der Waals surface area contributed by atoms with E-state index in [-0.39, 0.29) is 19.1 Å². The van der Waals surface area contributed by atoms with Crippen molar-refractivity contribution in [3.05, 3.63) is 71.8 Å². The van der Waals surface area contributed by atoms with Crippen molar-refractivity contribution in [2.45, 2.75) is 45.0 Å². The van der Waals surface area contributed by atoms with E-state index in [2.05, 4.69) is 0 Å². The average molecular weight is 382 g/mol. The molecule has 0 radical (unpaired) electrons. The van der Waals surface area contributed by atoms with Crippen LogP contribution >= 0.6 is 0 Å². The van der Waals surface area contributed by atoms with Gasteiger partial charge in [0.2, 0.25) is 0 Å². The summed E-state index contributed by atoms with van der Waals surface area (Å²) in [4.78, 5) is 25.5. The molecule has 1 N–H and O–H groups in total. The minimum absolute atomic E-state index is 0.109. The van der Waals surface area contributed by atoms with E-state index in [0.717, 1.165) is 17.5 Å². The lowest BCUT2D eigenvalue weighted by Crippen LogP contribution is -2.37. The zero-order valence-electron chi connectivity index (χ0n) is 15.8. The number of aliphatic hydroxyl groups excluding tert-OH is 1. The van der Waals surface area contributed by atoms with Crippen molar-refractivity contribution in [2.75, 3.05) is 0 Å². The smallest absolute Gasteiger partial charge is 0.320 e. The zero-order valence-corrected chi connectivity index (χ0v) is 15.8. The van der Waals surface area contributed by atoms with Crippen LogP contribution in [0.2, 0.25) is 0 Å². The fraction of sp³-hybridized carbons (Fsp3) is 0.391. The van der Waals surface area contributed by atoms with Gasteiger partial charge in [0.05, 0.1) is 6.10 Å². The number of hydrogen-bond acceptors (Lipinski definition) is 5. The molecule has 1 fully saturated rings. The molecular weight excluding hydrogens is 356 g/mol. The molecule has 28 heavy (non-hydrogen) atoms. The Morgan fingerprint density at radius 1 is 0.857 bits per heavy atom. The van der Waals surface area contributed by atoms with Gasteiger partial charge in [-0.3, -0.25) is 9.59 Å². The third kappa shape index (κ3) is 5.67. The topological polar surface area (TPSA) is 72.8 Å². The van der Waals surface area contributed by atoms with Crippen molar-refractivity contribution >= 4 is 11.9 Å². The summed E-state index contributed by atoms with van der Waals surface area (Å²) in [6, 6.07) is 18.7. The van der Waals surface area contributed by atoms with E-state index in [0.29, 0.717) is 19.3 Å². The SMILES string of the molecule is O=C(OCc1ccccc1)C(C(=O)OCc1ccccc1)[C@@H]1CCC[C@@H](O)C1. The summed E-state index contributed by atoms with van der Waals surface area (Å²) in [5.74, 6) is -2.44. The maximum absolute atomic E-state index is 12.8. The summed E-state index contributed by atoms with van der Waals surface area (Å²) in [5, 5.41) is 10.0. The summed E-state index contributed by atoms with van der Waals surface area (Å²) < 4.78 is 10.9. The first-order valence-corrected chi connectivity index (χ1v) is 9.72. The van der Waals surface area contributed by atoms with Crippen LogP contribution in [0.15, 0.2) is 60.7 Å². The van der Waals surface area contributed by atoms with Gasteiger partial charge in [-0.1, -0.05) is 67.1 Å². The molecule has 1 aliphatic rings. The summed E-state index contributed by atoms with van der Waals surface area (Å²) in [6.07, 6.45) is 2.08. The molecule has 0 saturated heterocycles. The van der Waals surface area contributed by atoms with Crippen LogP contribution in [0.25, 0.3) is 0 Å². The van der Waals surface area contributed by atoms with E-state index in [4.69, 9.17) is 9.47 Å². The second-order valence-electron chi connectivity index (χ2n) is 7.24. The zero-order chi connectivity index (χ0) is 19.8. The number of carbonyl (C=O) groups excluding carboxylic acids is 2. The van der Waals surface area contributed by atoms with Gasteiger partial charge in [-0.2, -0.15) is 0 Å². The molecular formula is C23H26O5. The quantitative estimate of drug-likeness (QED) is 0.585. The Bertz CT molecular complexity index is 704. The molecule has 2 aromatic carbocycles. The highest BCUT2D eigenvalue weighted by Crippen LogP contribution is 2.32. The average Bonchev–Trinajstić information content (AvgIpc) is 2.72. The molecule has 5 nitrogen and oxygen atoms in total. The molecule has 5 heteroatoms. The van der Waals surface area contributed by atoms with Gasteiger partial charge in [0, 0.05) is 0 Å². The third-order valence-corrected chi connectivity index (χ3v) is 5.11. The fourth-order valence-electron chi connectivity index (χ4n) is 3.62. The molecule has 1 aliphatic carbocycles. The van der Waals surface area contributed by atoms with Crippen LogP contribution in [0.5, 0.6) is 0 Å². The minimum atomic E-state index is -1.01. The summed E-state index contributed by atoms with van der Waals surface area (Å²) in [7, 11) is 0. The second-order valence-corrected chi connectivity index (χ2v) is 7.24. The predicted octanol–water partition coefficient (Wildman–Crippen LogP) is 3.64. The van der Waals surface area contributed by atoms with Gasteiger partial charge in [0.25, 0.3) is 0 Å². The first kappa shape index (κ1) is 20.1. The highest BCUT2D eigenvalue weighted by molar-refractivity contribution is 5.95. The molecule has 0 spiro atoms. The molecule has 0 heterocycles. The van der Waals surface area contributed by atoms with Crippen LogP contribution in [-0.2, 0) is 32.3 Å². The predicted molar refractivity (Wildman–Crippen MR) is 104 cm³/mol. The Labute approximate surface area is 165 Å². The molecule has 0 aliphatic heterocycles. The third-order valence-electron chi connectivity index (χ3n) is 5.11. The van der Waals surface area contributed by atoms with Crippen LogP contribution in [0.3, 0.4) is 0 Å². The first-order valence-electron chi connectivity index (χ1n) is 9.72. The molecule has 1 saturated carbocycles. The molecule has 2 aromatic rings. The van der Waals surface area contributed by atoms with Crippen LogP contribution in [0.4, 0.5) is 0 Å². The first-order chi connectivity index (χ1) is 13.6. The highest BCUT2D eigenvalue weighted by Gasteiger charge is 2.39. The number of carbonyl (C=O) groups is 2. The van der Waals surface area contributed by atoms with Gasteiger partial charge in [-0.05, 0) is 36.3 Å². The van der Waals surface area contributed by atoms with Crippen molar-refractivity contribution in [3.8, 4) is 0 Å². The molecule has 0 amide bonds. The molecule has 2 atom stereocenters. The Balaban J connectivity index is 1.66. The van der Waals surface area contributed by atoms with Gasteiger partial charge in [0.1, 0.15) is 13.2 Å². The van der Waals surface area contributed by atoms with Crippen molar-refractivity contribution < 1.29 is 24.2 Å². The Morgan fingerprint density at radius 2 is 1.36 bits per heavy atom. The Hall–Kier alpha value is -2.66. The number of hydrogen-bond donors (Lipinski definition) is 1. The van der Waals surface area contributed by atoms with Crippen LogP contribution in [0.1, 0.15) is 36.8 Å². The summed E-state index contributed by atoms with van der Waals surface area (Å²) in [5.41, 5.74) is 1.71. The molecule has 0 aromatic heterocycles. The molecule has 0 bridgehead atoms. The van der Waals surface area contributed by atoms with Gasteiger partial charge in [0.15, 0.2) is 5.92 Å². The van der Waals surface area contributed by atoms with Gasteiger partial charge in [-0.15, -0.1) is 0 Å². The number of benzene rings is 2. The summed E-state index contributed by atoms with van der Waals surface area (Å²) in [6.45, 7) is 0.217. The molecule has 148 valence electrons. The maximum atomic E-state index is 12.8. The van der Waals surface area contributed by atoms with Crippen LogP contribution in [-0.4, -0.2) is 23.1 Å². The van der Waals surface area contributed by atoms with E-state index < -0.39 is 24.0 Å². The normalized spacial score (nSPS) is 19.2.